The van der Waals surface area contributed by atoms with Crippen molar-refractivity contribution in [2.75, 3.05) is 0 Å². The monoisotopic (exact) mass is 495 g/mol. The molecule has 3 aromatic heterocycles. The lowest BCUT2D eigenvalue weighted by atomic mass is 9.87. The van der Waals surface area contributed by atoms with Crippen LogP contribution in [-0.4, -0.2) is 25.1 Å². The van der Waals surface area contributed by atoms with E-state index < -0.39 is 5.41 Å². The van der Waals surface area contributed by atoms with Crippen molar-refractivity contribution in [1.29, 1.82) is 5.26 Å². The van der Waals surface area contributed by atoms with Crippen LogP contribution in [0.3, 0.4) is 0 Å². The number of nitrogens with zero attached hydrogens (tertiary/aromatic N) is 5. The Bertz CT molecular complexity index is 1650. The van der Waals surface area contributed by atoms with Gasteiger partial charge in [0.1, 0.15) is 22.0 Å². The normalized spacial score (nSPS) is 12.8. The van der Waals surface area contributed by atoms with Gasteiger partial charge in [0.05, 0.1) is 10.2 Å². The summed E-state index contributed by atoms with van der Waals surface area (Å²) >= 11 is 1.12. The number of para-hydroxylation sites is 1. The predicted molar refractivity (Wildman–Crippen MR) is 142 cm³/mol. The van der Waals surface area contributed by atoms with Crippen molar-refractivity contribution in [1.82, 2.24) is 19.3 Å². The second-order valence-corrected chi connectivity index (χ2v) is 10.2. The Morgan fingerprint density at radius 2 is 1.94 bits per heavy atom. The largest absolute Gasteiger partial charge is 0.294 e. The van der Waals surface area contributed by atoms with E-state index >= 15 is 0 Å². The van der Waals surface area contributed by atoms with Crippen LogP contribution >= 0.6 is 11.3 Å². The van der Waals surface area contributed by atoms with Gasteiger partial charge in [0.15, 0.2) is 5.78 Å². The molecule has 0 aliphatic carbocycles. The highest BCUT2D eigenvalue weighted by molar-refractivity contribution is 7.07. The van der Waals surface area contributed by atoms with Gasteiger partial charge in [-0.3, -0.25) is 19.1 Å². The third-order valence-corrected chi connectivity index (χ3v) is 6.57. The molecule has 8 heteroatoms. The number of aromatic nitrogens is 4. The van der Waals surface area contributed by atoms with E-state index in [1.165, 1.54) is 4.57 Å². The SMILES string of the molecule is C=CCn1c(=O)/c(=C/c2cn(-c3ccccc3)nc2-c2cccnc2)s/c1=C(/C#N)C(=O)C(C)(C)C. The first-order chi connectivity index (χ1) is 17.2. The number of ketones is 1. The summed E-state index contributed by atoms with van der Waals surface area (Å²) in [5.41, 5.74) is 1.95. The first-order valence-corrected chi connectivity index (χ1v) is 12.1. The number of pyridine rings is 1. The lowest BCUT2D eigenvalue weighted by Gasteiger charge is -2.15. The summed E-state index contributed by atoms with van der Waals surface area (Å²) in [6.07, 6.45) is 8.58. The molecule has 0 fully saturated rings. The first kappa shape index (κ1) is 24.8. The molecule has 0 unspecified atom stereocenters. The van der Waals surface area contributed by atoms with E-state index in [2.05, 4.69) is 11.6 Å². The molecule has 3 heterocycles. The van der Waals surface area contributed by atoms with Crippen LogP contribution in [0.2, 0.25) is 0 Å². The third-order valence-electron chi connectivity index (χ3n) is 5.44. The molecule has 7 nitrogen and oxygen atoms in total. The number of Topliss-reactive ketones (excluding diaryl/α,β-unsaturated/α-hetero) is 1. The predicted octanol–water partition coefficient (Wildman–Crippen LogP) is 3.46. The summed E-state index contributed by atoms with van der Waals surface area (Å²) in [5.74, 6) is -0.316. The fourth-order valence-electron chi connectivity index (χ4n) is 3.65. The van der Waals surface area contributed by atoms with Crippen molar-refractivity contribution in [2.45, 2.75) is 27.3 Å². The first-order valence-electron chi connectivity index (χ1n) is 11.3. The number of rotatable bonds is 6. The summed E-state index contributed by atoms with van der Waals surface area (Å²) in [7, 11) is 0. The fraction of sp³-hybridized carbons (Fsp3) is 0.179. The maximum Gasteiger partial charge on any atom is 0.269 e. The molecular formula is C28H25N5O2S. The molecule has 0 amide bonds. The number of nitriles is 1. The second kappa shape index (κ2) is 10.1. The van der Waals surface area contributed by atoms with Crippen molar-refractivity contribution in [3.8, 4) is 23.0 Å². The maximum atomic E-state index is 13.4. The molecular weight excluding hydrogens is 470 g/mol. The van der Waals surface area contributed by atoms with E-state index in [1.807, 2.05) is 54.7 Å². The van der Waals surface area contributed by atoms with E-state index in [1.54, 1.807) is 50.0 Å². The Morgan fingerprint density at radius 3 is 2.56 bits per heavy atom. The topological polar surface area (TPSA) is 93.6 Å². The van der Waals surface area contributed by atoms with E-state index in [9.17, 15) is 14.9 Å². The van der Waals surface area contributed by atoms with Gasteiger partial charge in [-0.1, -0.05) is 45.0 Å². The van der Waals surface area contributed by atoms with Crippen LogP contribution in [0, 0.1) is 16.7 Å². The molecule has 1 aromatic carbocycles. The lowest BCUT2D eigenvalue weighted by Crippen LogP contribution is -2.34. The minimum atomic E-state index is -0.766. The maximum absolute atomic E-state index is 13.4. The van der Waals surface area contributed by atoms with Crippen molar-refractivity contribution in [3.63, 3.8) is 0 Å². The van der Waals surface area contributed by atoms with Crippen LogP contribution in [-0.2, 0) is 11.3 Å². The number of allylic oxidation sites excluding steroid dienone is 1. The number of benzene rings is 1. The van der Waals surface area contributed by atoms with Crippen LogP contribution in [0.5, 0.6) is 0 Å². The molecule has 0 atom stereocenters. The Kier molecular flexibility index (Phi) is 6.95. The zero-order valence-electron chi connectivity index (χ0n) is 20.3. The summed E-state index contributed by atoms with van der Waals surface area (Å²) in [6, 6.07) is 15.4. The molecule has 0 saturated heterocycles. The van der Waals surface area contributed by atoms with Gasteiger partial charge in [-0.05, 0) is 30.3 Å². The van der Waals surface area contributed by atoms with Gasteiger partial charge in [-0.25, -0.2) is 4.68 Å². The average molecular weight is 496 g/mol. The zero-order valence-corrected chi connectivity index (χ0v) is 21.1. The molecule has 180 valence electrons. The van der Waals surface area contributed by atoms with Gasteiger partial charge in [-0.15, -0.1) is 17.9 Å². The molecule has 4 aromatic rings. The zero-order chi connectivity index (χ0) is 25.9. The minimum absolute atomic E-state index is 0.0291. The van der Waals surface area contributed by atoms with E-state index in [-0.39, 0.29) is 23.5 Å². The number of carbonyl (C=O) groups is 1. The number of carbonyl (C=O) groups excluding carboxylic acids is 1. The van der Waals surface area contributed by atoms with Gasteiger partial charge in [0, 0.05) is 41.7 Å². The number of hydrogen-bond acceptors (Lipinski definition) is 6. The van der Waals surface area contributed by atoms with Gasteiger partial charge in [0.2, 0.25) is 0 Å². The minimum Gasteiger partial charge on any atom is -0.294 e. The molecule has 0 spiro atoms. The Morgan fingerprint density at radius 1 is 1.19 bits per heavy atom. The molecule has 36 heavy (non-hydrogen) atoms. The molecule has 0 aliphatic heterocycles. The van der Waals surface area contributed by atoms with Gasteiger partial charge in [0.25, 0.3) is 5.56 Å². The van der Waals surface area contributed by atoms with E-state index in [0.29, 0.717) is 20.5 Å². The van der Waals surface area contributed by atoms with Crippen LogP contribution in [0.4, 0.5) is 0 Å². The van der Waals surface area contributed by atoms with Crippen molar-refractivity contribution in [3.05, 3.63) is 98.8 Å². The molecule has 0 N–H and O–H groups in total. The molecule has 0 radical (unpaired) electrons. The van der Waals surface area contributed by atoms with Crippen molar-refractivity contribution < 1.29 is 4.79 Å². The number of hydrogen-bond donors (Lipinski definition) is 0. The summed E-state index contributed by atoms with van der Waals surface area (Å²) in [5, 5.41) is 14.6. The average Bonchev–Trinajstić information content (AvgIpc) is 3.43. The smallest absolute Gasteiger partial charge is 0.269 e. The van der Waals surface area contributed by atoms with Crippen LogP contribution in [0.15, 0.2) is 78.5 Å². The molecule has 0 bridgehead atoms. The summed E-state index contributed by atoms with van der Waals surface area (Å²) in [6.45, 7) is 9.17. The standard InChI is InChI=1S/C28H25N5O2S/c1-5-14-32-26(35)23(36-27(32)22(16-29)25(34)28(2,3)4)15-20-18-33(21-11-7-6-8-12-21)31-24(20)19-10-9-13-30-17-19/h5-13,15,17-18H,1,14H2,2-4H3/b23-15-,27-22-. The fourth-order valence-corrected chi connectivity index (χ4v) is 4.75. The van der Waals surface area contributed by atoms with E-state index in [4.69, 9.17) is 5.10 Å². The molecule has 0 saturated carbocycles. The lowest BCUT2D eigenvalue weighted by molar-refractivity contribution is -0.120. The van der Waals surface area contributed by atoms with Gasteiger partial charge < -0.3 is 0 Å². The Hall–Kier alpha value is -4.35. The van der Waals surface area contributed by atoms with Crippen LogP contribution in [0.25, 0.3) is 28.6 Å². The van der Waals surface area contributed by atoms with Crippen molar-refractivity contribution >= 4 is 28.8 Å². The third kappa shape index (κ3) is 4.88. The quantitative estimate of drug-likeness (QED) is 0.382. The summed E-state index contributed by atoms with van der Waals surface area (Å²) < 4.78 is 3.89. The number of thiazole rings is 1. The highest BCUT2D eigenvalue weighted by Crippen LogP contribution is 2.24. The van der Waals surface area contributed by atoms with Crippen LogP contribution in [0.1, 0.15) is 26.3 Å². The highest BCUT2D eigenvalue weighted by Gasteiger charge is 2.27. The Labute approximate surface area is 212 Å². The van der Waals surface area contributed by atoms with Gasteiger partial charge >= 0.3 is 0 Å². The van der Waals surface area contributed by atoms with Gasteiger partial charge in [-0.2, -0.15) is 10.4 Å². The summed E-state index contributed by atoms with van der Waals surface area (Å²) in [4.78, 5) is 30.6. The molecule has 4 rings (SSSR count). The van der Waals surface area contributed by atoms with E-state index in [0.717, 1.165) is 22.6 Å². The van der Waals surface area contributed by atoms with Crippen LogP contribution < -0.4 is 14.8 Å². The second-order valence-electron chi connectivity index (χ2n) is 9.14. The van der Waals surface area contributed by atoms with Crippen molar-refractivity contribution in [2.24, 2.45) is 5.41 Å². The molecule has 0 aliphatic rings. The highest BCUT2D eigenvalue weighted by atomic mass is 32.1. The Balaban J connectivity index is 2.01.